The van der Waals surface area contributed by atoms with Crippen molar-refractivity contribution >= 4 is 75.7 Å². The molecule has 2 amide bonds. The van der Waals surface area contributed by atoms with E-state index in [9.17, 15) is 14.9 Å². The minimum absolute atomic E-state index is 0.0934. The van der Waals surface area contributed by atoms with Crippen molar-refractivity contribution < 1.29 is 14.3 Å². The van der Waals surface area contributed by atoms with Crippen LogP contribution in [0.25, 0.3) is 6.08 Å². The van der Waals surface area contributed by atoms with E-state index in [1.54, 1.807) is 48.5 Å². The molecule has 10 heteroatoms. The Morgan fingerprint density at radius 1 is 0.853 bits per heavy atom. The van der Waals surface area contributed by atoms with Gasteiger partial charge in [0, 0.05) is 21.4 Å². The number of rotatable bonds is 7. The summed E-state index contributed by atoms with van der Waals surface area (Å²) < 4.78 is 5.47. The fraction of sp³-hybridized carbons (Fsp3) is 0.0417. The van der Waals surface area contributed by atoms with Crippen molar-refractivity contribution in [1.29, 1.82) is 5.26 Å². The number of benzene rings is 3. The Hall–Kier alpha value is -3.21. The summed E-state index contributed by atoms with van der Waals surface area (Å²) in [4.78, 5) is 24.6. The number of nitriles is 1. The zero-order valence-electron chi connectivity index (χ0n) is 17.2. The number of carbonyl (C=O) groups excluding carboxylic acids is 2. The second-order valence-electron chi connectivity index (χ2n) is 6.79. The summed E-state index contributed by atoms with van der Waals surface area (Å²) >= 11 is 24.2. The molecule has 0 radical (unpaired) electrons. The number of ether oxygens (including phenoxy) is 1. The van der Waals surface area contributed by atoms with Crippen molar-refractivity contribution in [3.05, 3.63) is 91.9 Å². The first-order chi connectivity index (χ1) is 16.2. The molecule has 0 saturated carbocycles. The van der Waals surface area contributed by atoms with E-state index in [2.05, 4.69) is 10.6 Å². The van der Waals surface area contributed by atoms with Crippen LogP contribution in [0.2, 0.25) is 20.1 Å². The normalized spacial score (nSPS) is 10.9. The van der Waals surface area contributed by atoms with Crippen molar-refractivity contribution in [2.45, 2.75) is 0 Å². The second-order valence-corrected chi connectivity index (χ2v) is 8.48. The molecule has 0 aromatic heterocycles. The molecule has 2 N–H and O–H groups in total. The summed E-state index contributed by atoms with van der Waals surface area (Å²) in [6.45, 7) is -0.343. The lowest BCUT2D eigenvalue weighted by molar-refractivity contribution is -0.118. The fourth-order valence-corrected chi connectivity index (χ4v) is 3.58. The number of hydrogen-bond acceptors (Lipinski definition) is 4. The number of nitrogens with zero attached hydrogens (tertiary/aromatic N) is 1. The standard InChI is InChI=1S/C24H15Cl4N3O3/c25-16-1-5-18(6-2-16)30-22(32)13-34-23-20(27)10-14(11-21(23)28)9-15(12-29)24(33)31-19-7-3-17(26)4-8-19/h1-11H,13H2,(H,30,32)(H,31,33)/b15-9+. The van der Waals surface area contributed by atoms with Crippen LogP contribution in [-0.2, 0) is 9.59 Å². The quantitative estimate of drug-likeness (QED) is 0.256. The number of amides is 2. The molecular formula is C24H15Cl4N3O3. The lowest BCUT2D eigenvalue weighted by atomic mass is 10.1. The second kappa shape index (κ2) is 11.8. The van der Waals surface area contributed by atoms with Crippen molar-refractivity contribution in [3.8, 4) is 11.8 Å². The molecule has 0 saturated heterocycles. The fourth-order valence-electron chi connectivity index (χ4n) is 2.72. The number of nitrogens with one attached hydrogen (secondary N) is 2. The van der Waals surface area contributed by atoms with E-state index >= 15 is 0 Å². The Labute approximate surface area is 215 Å². The minimum Gasteiger partial charge on any atom is -0.481 e. The van der Waals surface area contributed by atoms with E-state index in [1.165, 1.54) is 18.2 Å². The van der Waals surface area contributed by atoms with Gasteiger partial charge in [-0.05, 0) is 72.3 Å². The molecule has 0 fully saturated rings. The smallest absolute Gasteiger partial charge is 0.266 e. The van der Waals surface area contributed by atoms with Gasteiger partial charge in [0.05, 0.1) is 10.0 Å². The van der Waals surface area contributed by atoms with Crippen molar-refractivity contribution in [2.75, 3.05) is 17.2 Å². The van der Waals surface area contributed by atoms with E-state index in [0.29, 0.717) is 27.0 Å². The average Bonchev–Trinajstić information content (AvgIpc) is 2.80. The molecule has 0 aliphatic carbocycles. The van der Waals surface area contributed by atoms with Crippen LogP contribution in [0, 0.1) is 11.3 Å². The van der Waals surface area contributed by atoms with E-state index in [-0.39, 0.29) is 28.0 Å². The topological polar surface area (TPSA) is 91.2 Å². The zero-order valence-corrected chi connectivity index (χ0v) is 20.3. The van der Waals surface area contributed by atoms with Gasteiger partial charge in [-0.1, -0.05) is 46.4 Å². The van der Waals surface area contributed by atoms with Gasteiger partial charge in [0.1, 0.15) is 11.6 Å². The monoisotopic (exact) mass is 533 g/mol. The van der Waals surface area contributed by atoms with Gasteiger partial charge >= 0.3 is 0 Å². The number of carbonyl (C=O) groups is 2. The third kappa shape index (κ3) is 7.14. The van der Waals surface area contributed by atoms with Gasteiger partial charge in [0.25, 0.3) is 11.8 Å². The first-order valence-electron chi connectivity index (χ1n) is 9.61. The average molecular weight is 535 g/mol. The van der Waals surface area contributed by atoms with Gasteiger partial charge < -0.3 is 15.4 Å². The molecule has 3 aromatic rings. The minimum atomic E-state index is -0.615. The molecule has 0 spiro atoms. The first kappa shape index (κ1) is 25.4. The van der Waals surface area contributed by atoms with Crippen LogP contribution in [0.1, 0.15) is 5.56 Å². The van der Waals surface area contributed by atoms with Crippen LogP contribution in [0.5, 0.6) is 5.75 Å². The first-order valence-corrected chi connectivity index (χ1v) is 11.1. The lowest BCUT2D eigenvalue weighted by Crippen LogP contribution is -2.20. The van der Waals surface area contributed by atoms with Crippen LogP contribution in [0.15, 0.2) is 66.2 Å². The maximum Gasteiger partial charge on any atom is 0.266 e. The van der Waals surface area contributed by atoms with Gasteiger partial charge in [0.2, 0.25) is 0 Å². The van der Waals surface area contributed by atoms with Crippen LogP contribution >= 0.6 is 46.4 Å². The van der Waals surface area contributed by atoms with Crippen molar-refractivity contribution in [3.63, 3.8) is 0 Å². The predicted octanol–water partition coefficient (Wildman–Crippen LogP) is 6.86. The summed E-state index contributed by atoms with van der Waals surface area (Å²) in [7, 11) is 0. The molecule has 3 rings (SSSR count). The maximum atomic E-state index is 12.4. The maximum absolute atomic E-state index is 12.4. The van der Waals surface area contributed by atoms with E-state index in [1.807, 2.05) is 6.07 Å². The highest BCUT2D eigenvalue weighted by Crippen LogP contribution is 2.35. The molecule has 0 bridgehead atoms. The van der Waals surface area contributed by atoms with E-state index in [0.717, 1.165) is 0 Å². The van der Waals surface area contributed by atoms with Gasteiger partial charge in [0.15, 0.2) is 12.4 Å². The van der Waals surface area contributed by atoms with Gasteiger partial charge in [-0.15, -0.1) is 0 Å². The molecule has 0 aliphatic heterocycles. The Kier molecular flexibility index (Phi) is 8.80. The summed E-state index contributed by atoms with van der Waals surface area (Å²) in [5.74, 6) is -0.948. The highest BCUT2D eigenvalue weighted by Gasteiger charge is 2.14. The molecule has 0 aliphatic rings. The van der Waals surface area contributed by atoms with Crippen LogP contribution in [0.4, 0.5) is 11.4 Å². The SMILES string of the molecule is N#C/C(=C\c1cc(Cl)c(OCC(=O)Nc2ccc(Cl)cc2)c(Cl)c1)C(=O)Nc1ccc(Cl)cc1. The number of halogens is 4. The predicted molar refractivity (Wildman–Crippen MR) is 136 cm³/mol. The molecule has 34 heavy (non-hydrogen) atoms. The van der Waals surface area contributed by atoms with Crippen molar-refractivity contribution in [1.82, 2.24) is 0 Å². The summed E-state index contributed by atoms with van der Waals surface area (Å²) in [6, 6.07) is 17.8. The summed E-state index contributed by atoms with van der Waals surface area (Å²) in [6.07, 6.45) is 1.33. The largest absolute Gasteiger partial charge is 0.481 e. The molecule has 172 valence electrons. The van der Waals surface area contributed by atoms with Crippen molar-refractivity contribution in [2.24, 2.45) is 0 Å². The zero-order chi connectivity index (χ0) is 24.7. The number of anilines is 2. The Morgan fingerprint density at radius 3 is 1.85 bits per heavy atom. The molecule has 0 atom stereocenters. The molecule has 0 heterocycles. The Balaban J connectivity index is 1.68. The molecular weight excluding hydrogens is 520 g/mol. The number of hydrogen-bond donors (Lipinski definition) is 2. The van der Waals surface area contributed by atoms with Crippen LogP contribution in [-0.4, -0.2) is 18.4 Å². The van der Waals surface area contributed by atoms with Gasteiger partial charge in [-0.25, -0.2) is 0 Å². The summed E-state index contributed by atoms with van der Waals surface area (Å²) in [5.41, 5.74) is 1.26. The summed E-state index contributed by atoms with van der Waals surface area (Å²) in [5, 5.41) is 15.9. The van der Waals surface area contributed by atoms with Crippen LogP contribution in [0.3, 0.4) is 0 Å². The molecule has 3 aromatic carbocycles. The lowest BCUT2D eigenvalue weighted by Gasteiger charge is -2.11. The Bertz CT molecular complexity index is 1260. The third-order valence-electron chi connectivity index (χ3n) is 4.27. The third-order valence-corrected chi connectivity index (χ3v) is 5.34. The van der Waals surface area contributed by atoms with E-state index < -0.39 is 11.8 Å². The molecule has 0 unspecified atom stereocenters. The van der Waals surface area contributed by atoms with E-state index in [4.69, 9.17) is 51.1 Å². The molecule has 6 nitrogen and oxygen atoms in total. The highest BCUT2D eigenvalue weighted by atomic mass is 35.5. The van der Waals surface area contributed by atoms with Crippen LogP contribution < -0.4 is 15.4 Å². The van der Waals surface area contributed by atoms with Gasteiger partial charge in [-0.2, -0.15) is 5.26 Å². The Morgan fingerprint density at radius 2 is 1.35 bits per heavy atom. The highest BCUT2D eigenvalue weighted by molar-refractivity contribution is 6.37. The van der Waals surface area contributed by atoms with Gasteiger partial charge in [-0.3, -0.25) is 9.59 Å².